The topological polar surface area (TPSA) is 0 Å². The average Bonchev–Trinajstić information content (AvgIpc) is 2.09. The van der Waals surface area contributed by atoms with Crippen LogP contribution >= 0.6 is 31.9 Å². The Morgan fingerprint density at radius 3 is 2.58 bits per heavy atom. The third kappa shape index (κ3) is 2.87. The molecule has 1 aromatic carbocycles. The van der Waals surface area contributed by atoms with E-state index in [0.717, 1.165) is 10.0 Å². The molecule has 0 saturated heterocycles. The van der Waals surface area contributed by atoms with Gasteiger partial charge in [-0.2, -0.15) is 0 Å². The molecule has 0 aliphatic rings. The van der Waals surface area contributed by atoms with E-state index in [4.69, 9.17) is 0 Å². The van der Waals surface area contributed by atoms with Crippen molar-refractivity contribution in [3.63, 3.8) is 0 Å². The molecule has 0 N–H and O–H groups in total. The first-order chi connectivity index (χ1) is 5.74. The Balaban J connectivity index is 2.69. The Morgan fingerprint density at radius 2 is 2.00 bits per heavy atom. The zero-order chi connectivity index (χ0) is 8.97. The van der Waals surface area contributed by atoms with Crippen molar-refractivity contribution in [3.8, 4) is 0 Å². The minimum Gasteiger partial charge on any atom is -0.246 e. The SMILES string of the molecule is F[C@@H](CBr)Cc1ccccc1Br. The highest BCUT2D eigenvalue weighted by Crippen LogP contribution is 2.18. The Morgan fingerprint density at radius 1 is 1.33 bits per heavy atom. The summed E-state index contributed by atoms with van der Waals surface area (Å²) in [7, 11) is 0. The molecule has 0 aliphatic heterocycles. The van der Waals surface area contributed by atoms with E-state index in [1.165, 1.54) is 0 Å². The van der Waals surface area contributed by atoms with Crippen LogP contribution in [0.5, 0.6) is 0 Å². The predicted octanol–water partition coefficient (Wildman–Crippen LogP) is 3.72. The number of hydrogen-bond donors (Lipinski definition) is 0. The van der Waals surface area contributed by atoms with Crippen molar-refractivity contribution in [1.82, 2.24) is 0 Å². The van der Waals surface area contributed by atoms with Gasteiger partial charge in [-0.15, -0.1) is 0 Å². The lowest BCUT2D eigenvalue weighted by atomic mass is 10.1. The lowest BCUT2D eigenvalue weighted by Gasteiger charge is -2.05. The van der Waals surface area contributed by atoms with Crippen LogP contribution in [0.1, 0.15) is 5.56 Å². The number of alkyl halides is 2. The maximum Gasteiger partial charge on any atom is 0.114 e. The molecule has 3 heteroatoms. The lowest BCUT2D eigenvalue weighted by molar-refractivity contribution is 0.368. The van der Waals surface area contributed by atoms with E-state index in [1.807, 2.05) is 24.3 Å². The largest absolute Gasteiger partial charge is 0.246 e. The summed E-state index contributed by atoms with van der Waals surface area (Å²) < 4.78 is 13.9. The van der Waals surface area contributed by atoms with Gasteiger partial charge in [-0.05, 0) is 11.6 Å². The van der Waals surface area contributed by atoms with Gasteiger partial charge in [0.15, 0.2) is 0 Å². The molecule has 66 valence electrons. The van der Waals surface area contributed by atoms with Gasteiger partial charge in [0.2, 0.25) is 0 Å². The molecule has 1 atom stereocenters. The van der Waals surface area contributed by atoms with Gasteiger partial charge in [0.25, 0.3) is 0 Å². The number of hydrogen-bond acceptors (Lipinski definition) is 0. The minimum absolute atomic E-state index is 0.397. The first-order valence-corrected chi connectivity index (χ1v) is 5.59. The Bertz CT molecular complexity index is 250. The standard InChI is InChI=1S/C9H9Br2F/c10-6-8(12)5-7-3-1-2-4-9(7)11/h1-4,8H,5-6H2/t8-/m1/s1. The molecule has 0 bridgehead atoms. The summed E-state index contributed by atoms with van der Waals surface area (Å²) in [6, 6.07) is 7.70. The van der Waals surface area contributed by atoms with Crippen LogP contribution in [-0.4, -0.2) is 11.5 Å². The smallest absolute Gasteiger partial charge is 0.114 e. The molecule has 0 saturated carbocycles. The monoisotopic (exact) mass is 294 g/mol. The first-order valence-electron chi connectivity index (χ1n) is 3.67. The Hall–Kier alpha value is 0.110. The fraction of sp³-hybridized carbons (Fsp3) is 0.333. The summed E-state index contributed by atoms with van der Waals surface area (Å²) in [6.45, 7) is 0. The van der Waals surface area contributed by atoms with E-state index in [0.29, 0.717) is 11.8 Å². The number of rotatable bonds is 3. The summed E-state index contributed by atoms with van der Waals surface area (Å²) in [5.41, 5.74) is 1.02. The molecular weight excluding hydrogens is 287 g/mol. The fourth-order valence-corrected chi connectivity index (χ4v) is 1.63. The maximum absolute atomic E-state index is 12.9. The summed E-state index contributed by atoms with van der Waals surface area (Å²) in [5.74, 6) is 0. The Kier molecular flexibility index (Phi) is 4.22. The molecule has 0 unspecified atom stereocenters. The van der Waals surface area contributed by atoms with E-state index < -0.39 is 6.17 Å². The van der Waals surface area contributed by atoms with Gasteiger partial charge in [0.05, 0.1) is 0 Å². The van der Waals surface area contributed by atoms with Gasteiger partial charge in [-0.3, -0.25) is 0 Å². The molecule has 0 fully saturated rings. The van der Waals surface area contributed by atoms with E-state index >= 15 is 0 Å². The van der Waals surface area contributed by atoms with E-state index in [1.54, 1.807) is 0 Å². The third-order valence-corrected chi connectivity index (χ3v) is 3.04. The highest BCUT2D eigenvalue weighted by atomic mass is 79.9. The van der Waals surface area contributed by atoms with Crippen molar-refractivity contribution in [2.75, 3.05) is 5.33 Å². The minimum atomic E-state index is -0.802. The van der Waals surface area contributed by atoms with Gasteiger partial charge >= 0.3 is 0 Å². The maximum atomic E-state index is 12.9. The summed E-state index contributed by atoms with van der Waals surface area (Å²) in [4.78, 5) is 0. The van der Waals surface area contributed by atoms with Crippen molar-refractivity contribution in [2.45, 2.75) is 12.6 Å². The van der Waals surface area contributed by atoms with Crippen LogP contribution in [0, 0.1) is 0 Å². The van der Waals surface area contributed by atoms with E-state index in [9.17, 15) is 4.39 Å². The molecule has 0 aromatic heterocycles. The second kappa shape index (κ2) is 4.97. The second-order valence-corrected chi connectivity index (χ2v) is 4.05. The van der Waals surface area contributed by atoms with Crippen LogP contribution in [0.3, 0.4) is 0 Å². The predicted molar refractivity (Wildman–Crippen MR) is 56.5 cm³/mol. The molecule has 1 rings (SSSR count). The fourth-order valence-electron chi connectivity index (χ4n) is 0.957. The van der Waals surface area contributed by atoms with Crippen molar-refractivity contribution in [1.29, 1.82) is 0 Å². The molecule has 0 aliphatic carbocycles. The van der Waals surface area contributed by atoms with Crippen molar-refractivity contribution >= 4 is 31.9 Å². The normalized spacial score (nSPS) is 12.9. The van der Waals surface area contributed by atoms with Crippen LogP contribution in [0.2, 0.25) is 0 Å². The molecule has 0 spiro atoms. The highest BCUT2D eigenvalue weighted by Gasteiger charge is 2.07. The van der Waals surface area contributed by atoms with Crippen LogP contribution < -0.4 is 0 Å². The van der Waals surface area contributed by atoms with Crippen LogP contribution in [0.25, 0.3) is 0 Å². The van der Waals surface area contributed by atoms with E-state index in [-0.39, 0.29) is 0 Å². The van der Waals surface area contributed by atoms with Gasteiger partial charge < -0.3 is 0 Å². The molecule has 0 heterocycles. The quantitative estimate of drug-likeness (QED) is 0.746. The van der Waals surface area contributed by atoms with Crippen LogP contribution in [0.15, 0.2) is 28.7 Å². The number of halogens is 3. The lowest BCUT2D eigenvalue weighted by Crippen LogP contribution is -2.05. The van der Waals surface area contributed by atoms with Crippen molar-refractivity contribution < 1.29 is 4.39 Å². The summed E-state index contributed by atoms with van der Waals surface area (Å²) in [6.07, 6.45) is -0.337. The molecule has 0 radical (unpaired) electrons. The molecule has 0 nitrogen and oxygen atoms in total. The Labute approximate surface area is 88.4 Å². The van der Waals surface area contributed by atoms with Gasteiger partial charge in [0, 0.05) is 16.2 Å². The first kappa shape index (κ1) is 10.2. The molecule has 12 heavy (non-hydrogen) atoms. The van der Waals surface area contributed by atoms with Gasteiger partial charge in [-0.25, -0.2) is 4.39 Å². The molecule has 0 amide bonds. The zero-order valence-corrected chi connectivity index (χ0v) is 9.61. The van der Waals surface area contributed by atoms with Crippen molar-refractivity contribution in [2.24, 2.45) is 0 Å². The highest BCUT2D eigenvalue weighted by molar-refractivity contribution is 9.10. The van der Waals surface area contributed by atoms with Crippen molar-refractivity contribution in [3.05, 3.63) is 34.3 Å². The van der Waals surface area contributed by atoms with Crippen LogP contribution in [-0.2, 0) is 6.42 Å². The number of benzene rings is 1. The molecular formula is C9H9Br2F. The average molecular weight is 296 g/mol. The molecule has 1 aromatic rings. The van der Waals surface area contributed by atoms with Crippen LogP contribution in [0.4, 0.5) is 4.39 Å². The summed E-state index contributed by atoms with van der Waals surface area (Å²) >= 11 is 6.48. The van der Waals surface area contributed by atoms with E-state index in [2.05, 4.69) is 31.9 Å². The second-order valence-electron chi connectivity index (χ2n) is 2.55. The zero-order valence-electron chi connectivity index (χ0n) is 6.43. The van der Waals surface area contributed by atoms with Gasteiger partial charge in [0.1, 0.15) is 6.17 Å². The summed E-state index contributed by atoms with van der Waals surface area (Å²) in [5, 5.41) is 0.397. The van der Waals surface area contributed by atoms with Gasteiger partial charge in [-0.1, -0.05) is 50.1 Å². The third-order valence-electron chi connectivity index (χ3n) is 1.57.